The molecule has 148 valence electrons. The van der Waals surface area contributed by atoms with Gasteiger partial charge in [-0.3, -0.25) is 4.79 Å². The van der Waals surface area contributed by atoms with E-state index in [1.807, 2.05) is 44.2 Å². The molecule has 0 saturated heterocycles. The smallest absolute Gasteiger partial charge is 0.350 e. The maximum absolute atomic E-state index is 12.6. The quantitative estimate of drug-likeness (QED) is 0.291. The average Bonchev–Trinajstić information content (AvgIpc) is 3.17. The number of nitrogens with zero attached hydrogens (tertiary/aromatic N) is 1. The van der Waals surface area contributed by atoms with Gasteiger partial charge in [-0.25, -0.2) is 4.79 Å². The summed E-state index contributed by atoms with van der Waals surface area (Å²) in [7, 11) is 1.67. The molecule has 3 aromatic rings. The third kappa shape index (κ3) is 4.14. The molecule has 0 amide bonds. The van der Waals surface area contributed by atoms with E-state index in [4.69, 9.17) is 21.1 Å². The molecule has 28 heavy (non-hydrogen) atoms. The number of fused-ring (bicyclic) bond motifs is 1. The van der Waals surface area contributed by atoms with Crippen molar-refractivity contribution < 1.29 is 19.1 Å². The molecule has 0 unspecified atom stereocenters. The molecule has 0 radical (unpaired) electrons. The Morgan fingerprint density at radius 3 is 2.68 bits per heavy atom. The van der Waals surface area contributed by atoms with Gasteiger partial charge in [0, 0.05) is 47.3 Å². The minimum absolute atomic E-state index is 0.225. The van der Waals surface area contributed by atoms with Crippen molar-refractivity contribution in [1.82, 2.24) is 4.57 Å². The molecule has 2 heterocycles. The van der Waals surface area contributed by atoms with Crippen LogP contribution in [-0.4, -0.2) is 36.6 Å². The predicted molar refractivity (Wildman–Crippen MR) is 112 cm³/mol. The molecular formula is C21H22ClNO4S. The van der Waals surface area contributed by atoms with Gasteiger partial charge in [0.2, 0.25) is 5.78 Å². The molecule has 0 bridgehead atoms. The maximum Gasteiger partial charge on any atom is 0.350 e. The van der Waals surface area contributed by atoms with E-state index >= 15 is 0 Å². The number of hydrogen-bond acceptors (Lipinski definition) is 5. The number of carbonyl (C=O) groups is 2. The summed E-state index contributed by atoms with van der Waals surface area (Å²) >= 11 is 7.57. The van der Waals surface area contributed by atoms with Gasteiger partial charge >= 0.3 is 5.97 Å². The van der Waals surface area contributed by atoms with Gasteiger partial charge in [0.1, 0.15) is 4.88 Å². The summed E-state index contributed by atoms with van der Waals surface area (Å²) in [5.41, 5.74) is 2.44. The second-order valence-corrected chi connectivity index (χ2v) is 7.95. The number of esters is 1. The first-order chi connectivity index (χ1) is 13.4. The van der Waals surface area contributed by atoms with Crippen LogP contribution in [-0.2, 0) is 16.0 Å². The lowest BCUT2D eigenvalue weighted by molar-refractivity contribution is 0.0479. The van der Waals surface area contributed by atoms with E-state index in [0.29, 0.717) is 22.1 Å². The predicted octanol–water partition coefficient (Wildman–Crippen LogP) is 5.05. The van der Waals surface area contributed by atoms with Crippen LogP contribution in [0.2, 0.25) is 5.02 Å². The van der Waals surface area contributed by atoms with Gasteiger partial charge in [0.15, 0.2) is 6.61 Å². The van der Waals surface area contributed by atoms with Crippen LogP contribution >= 0.6 is 22.9 Å². The van der Waals surface area contributed by atoms with E-state index in [-0.39, 0.29) is 12.4 Å². The SMILES string of the molecule is COCCCn1c(C)cc(C(=O)COC(=O)c2sc3ccccc3c2Cl)c1C. The van der Waals surface area contributed by atoms with Crippen molar-refractivity contribution in [2.24, 2.45) is 0 Å². The molecule has 3 rings (SSSR count). The van der Waals surface area contributed by atoms with Crippen molar-refractivity contribution in [1.29, 1.82) is 0 Å². The highest BCUT2D eigenvalue weighted by molar-refractivity contribution is 7.21. The van der Waals surface area contributed by atoms with E-state index in [0.717, 1.165) is 34.4 Å². The number of ether oxygens (including phenoxy) is 2. The number of thiophene rings is 1. The zero-order valence-corrected chi connectivity index (χ0v) is 17.7. The summed E-state index contributed by atoms with van der Waals surface area (Å²) in [6.45, 7) is 4.98. The third-order valence-electron chi connectivity index (χ3n) is 4.66. The van der Waals surface area contributed by atoms with Crippen molar-refractivity contribution in [2.75, 3.05) is 20.3 Å². The molecule has 0 spiro atoms. The normalized spacial score (nSPS) is 11.1. The summed E-state index contributed by atoms with van der Waals surface area (Å²) < 4.78 is 13.3. The lowest BCUT2D eigenvalue weighted by Gasteiger charge is -2.09. The Hall–Kier alpha value is -2.15. The Labute approximate surface area is 172 Å². The number of Topliss-reactive ketones (excluding diaryl/α,β-unsaturated/α-hetero) is 1. The van der Waals surface area contributed by atoms with Crippen molar-refractivity contribution >= 4 is 44.8 Å². The molecule has 0 saturated carbocycles. The lowest BCUT2D eigenvalue weighted by Crippen LogP contribution is -2.15. The van der Waals surface area contributed by atoms with Crippen LogP contribution in [0.15, 0.2) is 30.3 Å². The lowest BCUT2D eigenvalue weighted by atomic mass is 10.1. The highest BCUT2D eigenvalue weighted by Gasteiger charge is 2.21. The highest BCUT2D eigenvalue weighted by Crippen LogP contribution is 2.35. The Balaban J connectivity index is 1.69. The Morgan fingerprint density at radius 2 is 1.96 bits per heavy atom. The molecule has 0 aliphatic carbocycles. The summed E-state index contributed by atoms with van der Waals surface area (Å²) in [6.07, 6.45) is 0.861. The molecule has 0 atom stereocenters. The van der Waals surface area contributed by atoms with Crippen molar-refractivity contribution in [2.45, 2.75) is 26.8 Å². The molecule has 5 nitrogen and oxygen atoms in total. The second kappa shape index (κ2) is 8.90. The minimum Gasteiger partial charge on any atom is -0.453 e. The zero-order valence-electron chi connectivity index (χ0n) is 16.1. The van der Waals surface area contributed by atoms with Crippen LogP contribution in [0.1, 0.15) is 37.8 Å². The molecule has 0 N–H and O–H groups in total. The van der Waals surface area contributed by atoms with Gasteiger partial charge in [-0.2, -0.15) is 0 Å². The third-order valence-corrected chi connectivity index (χ3v) is 6.31. The van der Waals surface area contributed by atoms with Gasteiger partial charge in [-0.05, 0) is 32.4 Å². The molecule has 0 fully saturated rings. The van der Waals surface area contributed by atoms with E-state index in [9.17, 15) is 9.59 Å². The highest BCUT2D eigenvalue weighted by atomic mass is 35.5. The number of halogens is 1. The van der Waals surface area contributed by atoms with Crippen LogP contribution in [0.25, 0.3) is 10.1 Å². The van der Waals surface area contributed by atoms with Crippen LogP contribution < -0.4 is 0 Å². The van der Waals surface area contributed by atoms with Crippen LogP contribution in [0.4, 0.5) is 0 Å². The summed E-state index contributed by atoms with van der Waals surface area (Å²) in [6, 6.07) is 9.34. The van der Waals surface area contributed by atoms with Crippen molar-refractivity contribution in [3.8, 4) is 0 Å². The molecule has 2 aromatic heterocycles. The van der Waals surface area contributed by atoms with Crippen LogP contribution in [0, 0.1) is 13.8 Å². The molecule has 7 heteroatoms. The fourth-order valence-electron chi connectivity index (χ4n) is 3.21. The number of methoxy groups -OCH3 is 1. The second-order valence-electron chi connectivity index (χ2n) is 6.52. The minimum atomic E-state index is -0.576. The van der Waals surface area contributed by atoms with E-state index in [1.54, 1.807) is 7.11 Å². The van der Waals surface area contributed by atoms with Crippen molar-refractivity contribution in [3.05, 3.63) is 57.2 Å². The van der Waals surface area contributed by atoms with Gasteiger partial charge < -0.3 is 14.0 Å². The average molecular weight is 420 g/mol. The number of ketones is 1. The number of benzene rings is 1. The molecular weight excluding hydrogens is 398 g/mol. The number of carbonyl (C=O) groups excluding carboxylic acids is 2. The fourth-order valence-corrected chi connectivity index (χ4v) is 4.62. The molecule has 0 aliphatic rings. The number of aryl methyl sites for hydroxylation is 1. The van der Waals surface area contributed by atoms with Crippen LogP contribution in [0.5, 0.6) is 0 Å². The number of hydrogen-bond donors (Lipinski definition) is 0. The fraction of sp³-hybridized carbons (Fsp3) is 0.333. The molecule has 1 aromatic carbocycles. The van der Waals surface area contributed by atoms with E-state index in [2.05, 4.69) is 4.57 Å². The first-order valence-corrected chi connectivity index (χ1v) is 10.2. The number of aromatic nitrogens is 1. The van der Waals surface area contributed by atoms with Gasteiger partial charge in [0.25, 0.3) is 0 Å². The number of rotatable bonds is 8. The Bertz CT molecular complexity index is 1020. The summed E-state index contributed by atoms with van der Waals surface area (Å²) in [5.74, 6) is -0.801. The van der Waals surface area contributed by atoms with Gasteiger partial charge in [-0.15, -0.1) is 11.3 Å². The Morgan fingerprint density at radius 1 is 1.21 bits per heavy atom. The summed E-state index contributed by atoms with van der Waals surface area (Å²) in [4.78, 5) is 25.4. The first kappa shape index (κ1) is 20.6. The topological polar surface area (TPSA) is 57.5 Å². The Kier molecular flexibility index (Phi) is 6.54. The molecule has 0 aliphatic heterocycles. The van der Waals surface area contributed by atoms with Gasteiger partial charge in [-0.1, -0.05) is 29.8 Å². The maximum atomic E-state index is 12.6. The van der Waals surface area contributed by atoms with E-state index < -0.39 is 5.97 Å². The monoisotopic (exact) mass is 419 g/mol. The van der Waals surface area contributed by atoms with E-state index in [1.165, 1.54) is 11.3 Å². The van der Waals surface area contributed by atoms with Gasteiger partial charge in [0.05, 0.1) is 5.02 Å². The largest absolute Gasteiger partial charge is 0.453 e. The summed E-state index contributed by atoms with van der Waals surface area (Å²) in [5, 5.41) is 1.18. The zero-order chi connectivity index (χ0) is 20.3. The van der Waals surface area contributed by atoms with Crippen LogP contribution in [0.3, 0.4) is 0 Å². The first-order valence-electron chi connectivity index (χ1n) is 8.97. The standard InChI is InChI=1S/C21H22ClNO4S/c1-13-11-16(14(2)23(13)9-6-10-26-3)17(24)12-27-21(25)20-19(22)15-7-4-5-8-18(15)28-20/h4-5,7-8,11H,6,9-10,12H2,1-3H3. The van der Waals surface area contributed by atoms with Crippen molar-refractivity contribution in [3.63, 3.8) is 0 Å².